The molecule has 0 aliphatic carbocycles. The topological polar surface area (TPSA) is 50.3 Å². The number of rotatable bonds is 6. The van der Waals surface area contributed by atoms with Gasteiger partial charge in [0.2, 0.25) is 0 Å². The predicted octanol–water partition coefficient (Wildman–Crippen LogP) is 0.449. The van der Waals surface area contributed by atoms with Crippen molar-refractivity contribution in [1.29, 1.82) is 0 Å². The van der Waals surface area contributed by atoms with E-state index < -0.39 is 0 Å². The molecule has 1 fully saturated rings. The van der Waals surface area contributed by atoms with Crippen LogP contribution in [-0.2, 0) is 20.0 Å². The van der Waals surface area contributed by atoms with Crippen molar-refractivity contribution in [1.82, 2.24) is 19.6 Å². The van der Waals surface area contributed by atoms with Crippen molar-refractivity contribution in [2.45, 2.75) is 26.3 Å². The van der Waals surface area contributed by atoms with Crippen LogP contribution >= 0.6 is 0 Å². The lowest BCUT2D eigenvalue weighted by molar-refractivity contribution is 0.124. The summed E-state index contributed by atoms with van der Waals surface area (Å²) in [5, 5.41) is 4.52. The van der Waals surface area contributed by atoms with E-state index in [1.54, 1.807) is 0 Å². The summed E-state index contributed by atoms with van der Waals surface area (Å²) < 4.78 is 2.03. The summed E-state index contributed by atoms with van der Waals surface area (Å²) in [6, 6.07) is 2.24. The molecule has 2 heterocycles. The van der Waals surface area contributed by atoms with Crippen LogP contribution in [-0.4, -0.2) is 58.8 Å². The second-order valence-corrected chi connectivity index (χ2v) is 5.36. The van der Waals surface area contributed by atoms with Gasteiger partial charge in [0.25, 0.3) is 0 Å². The zero-order valence-corrected chi connectivity index (χ0v) is 12.3. The van der Waals surface area contributed by atoms with Gasteiger partial charge in [-0.05, 0) is 32.0 Å². The van der Waals surface area contributed by atoms with Gasteiger partial charge in [0.1, 0.15) is 0 Å². The van der Waals surface area contributed by atoms with Crippen molar-refractivity contribution < 1.29 is 0 Å². The Balaban J connectivity index is 1.80. The molecule has 1 aromatic rings. The first-order valence-electron chi connectivity index (χ1n) is 7.39. The molecule has 1 aromatic heterocycles. The zero-order chi connectivity index (χ0) is 13.7. The van der Waals surface area contributed by atoms with E-state index in [9.17, 15) is 0 Å². The molecule has 5 nitrogen and oxygen atoms in total. The van der Waals surface area contributed by atoms with Gasteiger partial charge in [-0.1, -0.05) is 6.92 Å². The highest BCUT2D eigenvalue weighted by Gasteiger charge is 2.17. The summed E-state index contributed by atoms with van der Waals surface area (Å²) in [7, 11) is 2.05. The van der Waals surface area contributed by atoms with E-state index in [0.29, 0.717) is 0 Å². The Morgan fingerprint density at radius 3 is 2.47 bits per heavy atom. The molecular formula is C14H27N5. The Bertz CT molecular complexity index is 379. The molecule has 108 valence electrons. The normalized spacial score (nSPS) is 18.1. The third-order valence-electron chi connectivity index (χ3n) is 3.92. The second-order valence-electron chi connectivity index (χ2n) is 5.36. The smallest absolute Gasteiger partial charge is 0.0625 e. The number of piperazine rings is 1. The van der Waals surface area contributed by atoms with E-state index in [2.05, 4.69) is 27.9 Å². The predicted molar refractivity (Wildman–Crippen MR) is 78.0 cm³/mol. The molecule has 0 atom stereocenters. The van der Waals surface area contributed by atoms with Crippen LogP contribution in [0, 0.1) is 0 Å². The van der Waals surface area contributed by atoms with Gasteiger partial charge in [-0.15, -0.1) is 0 Å². The van der Waals surface area contributed by atoms with Crippen molar-refractivity contribution >= 4 is 0 Å². The molecular weight excluding hydrogens is 238 g/mol. The summed E-state index contributed by atoms with van der Waals surface area (Å²) in [5.41, 5.74) is 8.08. The molecule has 0 spiro atoms. The van der Waals surface area contributed by atoms with Crippen LogP contribution < -0.4 is 5.73 Å². The van der Waals surface area contributed by atoms with Gasteiger partial charge in [-0.3, -0.25) is 9.58 Å². The maximum Gasteiger partial charge on any atom is 0.0625 e. The number of nitrogens with zero attached hydrogens (tertiary/aromatic N) is 4. The Hall–Kier alpha value is -0.910. The van der Waals surface area contributed by atoms with Crippen molar-refractivity contribution in [3.8, 4) is 0 Å². The van der Waals surface area contributed by atoms with Gasteiger partial charge in [0.15, 0.2) is 0 Å². The van der Waals surface area contributed by atoms with Gasteiger partial charge >= 0.3 is 0 Å². The van der Waals surface area contributed by atoms with Crippen molar-refractivity contribution in [3.63, 3.8) is 0 Å². The quantitative estimate of drug-likeness (QED) is 0.811. The summed E-state index contributed by atoms with van der Waals surface area (Å²) in [4.78, 5) is 5.04. The SMILES string of the molecule is CCc1cc(CN2CCN(CCCN)CC2)n(C)n1. The minimum Gasteiger partial charge on any atom is -0.330 e. The number of hydrogen-bond acceptors (Lipinski definition) is 4. The minimum atomic E-state index is 0.801. The molecule has 1 aliphatic rings. The Kier molecular flexibility index (Phi) is 5.36. The lowest BCUT2D eigenvalue weighted by Crippen LogP contribution is -2.46. The number of nitrogens with two attached hydrogens (primary N) is 1. The third kappa shape index (κ3) is 4.03. The van der Waals surface area contributed by atoms with Gasteiger partial charge < -0.3 is 10.6 Å². The van der Waals surface area contributed by atoms with Crippen molar-refractivity contribution in [2.24, 2.45) is 12.8 Å². The number of hydrogen-bond donors (Lipinski definition) is 1. The average Bonchev–Trinajstić information content (AvgIpc) is 2.79. The molecule has 0 unspecified atom stereocenters. The maximum absolute atomic E-state index is 5.56. The molecule has 5 heteroatoms. The van der Waals surface area contributed by atoms with Crippen LogP contribution in [0.25, 0.3) is 0 Å². The lowest BCUT2D eigenvalue weighted by atomic mass is 10.2. The fourth-order valence-corrected chi connectivity index (χ4v) is 2.61. The molecule has 1 saturated heterocycles. The second kappa shape index (κ2) is 7.03. The highest BCUT2D eigenvalue weighted by Crippen LogP contribution is 2.10. The molecule has 0 bridgehead atoms. The Labute approximate surface area is 116 Å². The van der Waals surface area contributed by atoms with Gasteiger partial charge in [0.05, 0.1) is 11.4 Å². The van der Waals surface area contributed by atoms with Crippen LogP contribution in [0.5, 0.6) is 0 Å². The fraction of sp³-hybridized carbons (Fsp3) is 0.786. The van der Waals surface area contributed by atoms with Crippen molar-refractivity contribution in [2.75, 3.05) is 39.3 Å². The summed E-state index contributed by atoms with van der Waals surface area (Å²) in [6.07, 6.45) is 2.13. The average molecular weight is 265 g/mol. The highest BCUT2D eigenvalue weighted by molar-refractivity contribution is 5.10. The lowest BCUT2D eigenvalue weighted by Gasteiger charge is -2.34. The molecule has 2 rings (SSSR count). The van der Waals surface area contributed by atoms with Crippen LogP contribution in [0.2, 0.25) is 0 Å². The van der Waals surface area contributed by atoms with Gasteiger partial charge in [-0.2, -0.15) is 5.10 Å². The van der Waals surface area contributed by atoms with Crippen molar-refractivity contribution in [3.05, 3.63) is 17.5 Å². The van der Waals surface area contributed by atoms with Crippen LogP contribution in [0.1, 0.15) is 24.7 Å². The first-order valence-corrected chi connectivity index (χ1v) is 7.39. The largest absolute Gasteiger partial charge is 0.330 e. The molecule has 0 amide bonds. The van der Waals surface area contributed by atoms with Crippen LogP contribution in [0.15, 0.2) is 6.07 Å². The first kappa shape index (κ1) is 14.5. The Morgan fingerprint density at radius 2 is 1.89 bits per heavy atom. The van der Waals surface area contributed by atoms with E-state index in [4.69, 9.17) is 5.73 Å². The van der Waals surface area contributed by atoms with E-state index in [0.717, 1.165) is 45.6 Å². The monoisotopic (exact) mass is 265 g/mol. The summed E-state index contributed by atoms with van der Waals surface area (Å²) >= 11 is 0. The van der Waals surface area contributed by atoms with E-state index in [1.165, 1.54) is 24.5 Å². The minimum absolute atomic E-state index is 0.801. The Morgan fingerprint density at radius 1 is 1.21 bits per heavy atom. The maximum atomic E-state index is 5.56. The highest BCUT2D eigenvalue weighted by atomic mass is 15.3. The number of aryl methyl sites for hydroxylation is 2. The van der Waals surface area contributed by atoms with Gasteiger partial charge in [-0.25, -0.2) is 0 Å². The van der Waals surface area contributed by atoms with Gasteiger partial charge in [0, 0.05) is 39.8 Å². The van der Waals surface area contributed by atoms with E-state index in [-0.39, 0.29) is 0 Å². The van der Waals surface area contributed by atoms with Crippen LogP contribution in [0.3, 0.4) is 0 Å². The molecule has 0 saturated carbocycles. The zero-order valence-electron chi connectivity index (χ0n) is 12.3. The number of aromatic nitrogens is 2. The van der Waals surface area contributed by atoms with Crippen LogP contribution in [0.4, 0.5) is 0 Å². The molecule has 19 heavy (non-hydrogen) atoms. The molecule has 1 aliphatic heterocycles. The molecule has 0 aromatic carbocycles. The first-order chi connectivity index (χ1) is 9.22. The fourth-order valence-electron chi connectivity index (χ4n) is 2.61. The molecule has 0 radical (unpaired) electrons. The third-order valence-corrected chi connectivity index (χ3v) is 3.92. The van der Waals surface area contributed by atoms with E-state index in [1.807, 2.05) is 11.7 Å². The summed E-state index contributed by atoms with van der Waals surface area (Å²) in [5.74, 6) is 0. The van der Waals surface area contributed by atoms with E-state index >= 15 is 0 Å². The standard InChI is InChI=1S/C14H27N5/c1-3-13-11-14(17(2)16-13)12-19-9-7-18(8-10-19)6-4-5-15/h11H,3-10,12,15H2,1-2H3. The summed E-state index contributed by atoms with van der Waals surface area (Å²) in [6.45, 7) is 9.76. The molecule has 2 N–H and O–H groups in total.